The van der Waals surface area contributed by atoms with Crippen molar-refractivity contribution in [3.63, 3.8) is 0 Å². The van der Waals surface area contributed by atoms with Crippen molar-refractivity contribution in [1.29, 1.82) is 0 Å². The summed E-state index contributed by atoms with van der Waals surface area (Å²) in [6.07, 6.45) is -2.08. The lowest BCUT2D eigenvalue weighted by Crippen LogP contribution is -2.47. The number of benzene rings is 2. The van der Waals surface area contributed by atoms with Crippen molar-refractivity contribution in [2.45, 2.75) is 42.6 Å². The lowest BCUT2D eigenvalue weighted by molar-refractivity contribution is -0.137. The van der Waals surface area contributed by atoms with Crippen molar-refractivity contribution < 1.29 is 30.8 Å². The van der Waals surface area contributed by atoms with Crippen LogP contribution in [0.5, 0.6) is 0 Å². The molecule has 1 heterocycles. The predicted molar refractivity (Wildman–Crippen MR) is 115 cm³/mol. The molecule has 2 unspecified atom stereocenters. The maximum absolute atomic E-state index is 13.1. The molecule has 3 aromatic rings. The molecule has 1 amide bonds. The zero-order valence-electron chi connectivity index (χ0n) is 18.0. The van der Waals surface area contributed by atoms with Crippen LogP contribution in [0.3, 0.4) is 0 Å². The molecule has 0 radical (unpaired) electrons. The lowest BCUT2D eigenvalue weighted by atomic mass is 9.84. The molecule has 0 bridgehead atoms. The standard InChI is InChI=1S/C23H21F4N3O3S/c1-14-15(13-30(29-14)18-6-2-16(3-7-18)23(25,26)27)12-28-22(31)20-10-11-21(20)34(32,33)19-8-4-17(24)5-9-19/h2-9,13,20-21H,10-12H2,1H3,(H,28,31). The molecular formula is C23H21F4N3O3S. The summed E-state index contributed by atoms with van der Waals surface area (Å²) < 4.78 is 78.5. The zero-order chi connectivity index (χ0) is 24.7. The van der Waals surface area contributed by atoms with E-state index in [1.165, 1.54) is 28.9 Å². The average molecular weight is 495 g/mol. The number of hydrogen-bond donors (Lipinski definition) is 1. The van der Waals surface area contributed by atoms with Gasteiger partial charge in [-0.05, 0) is 68.3 Å². The average Bonchev–Trinajstić information content (AvgIpc) is 3.11. The first-order chi connectivity index (χ1) is 16.0. The Kier molecular flexibility index (Phi) is 6.24. The van der Waals surface area contributed by atoms with E-state index in [1.807, 2.05) is 0 Å². The molecule has 180 valence electrons. The largest absolute Gasteiger partial charge is 0.416 e. The Labute approximate surface area is 193 Å². The van der Waals surface area contributed by atoms with E-state index in [1.54, 1.807) is 13.1 Å². The number of nitrogens with one attached hydrogen (secondary N) is 1. The van der Waals surface area contributed by atoms with E-state index in [4.69, 9.17) is 0 Å². The van der Waals surface area contributed by atoms with E-state index in [0.29, 0.717) is 29.8 Å². The Morgan fingerprint density at radius 1 is 1.09 bits per heavy atom. The third-order valence-electron chi connectivity index (χ3n) is 6.00. The van der Waals surface area contributed by atoms with Gasteiger partial charge in [-0.25, -0.2) is 17.5 Å². The van der Waals surface area contributed by atoms with Crippen LogP contribution in [0.15, 0.2) is 59.6 Å². The number of aryl methyl sites for hydroxylation is 1. The van der Waals surface area contributed by atoms with E-state index in [9.17, 15) is 30.8 Å². The molecule has 1 aliphatic carbocycles. The fourth-order valence-corrected chi connectivity index (χ4v) is 5.86. The predicted octanol–water partition coefficient (Wildman–Crippen LogP) is 4.21. The van der Waals surface area contributed by atoms with E-state index < -0.39 is 44.5 Å². The topological polar surface area (TPSA) is 81.1 Å². The molecule has 1 fully saturated rings. The van der Waals surface area contributed by atoms with Crippen molar-refractivity contribution in [1.82, 2.24) is 15.1 Å². The Morgan fingerprint density at radius 3 is 2.29 bits per heavy atom. The van der Waals surface area contributed by atoms with Gasteiger partial charge in [-0.1, -0.05) is 0 Å². The number of halogens is 4. The number of carbonyl (C=O) groups is 1. The van der Waals surface area contributed by atoms with Crippen molar-refractivity contribution in [2.24, 2.45) is 5.92 Å². The monoisotopic (exact) mass is 495 g/mol. The second kappa shape index (κ2) is 8.86. The summed E-state index contributed by atoms with van der Waals surface area (Å²) in [5.41, 5.74) is 0.881. The summed E-state index contributed by atoms with van der Waals surface area (Å²) in [5, 5.41) is 6.14. The Hall–Kier alpha value is -3.21. The van der Waals surface area contributed by atoms with Crippen molar-refractivity contribution >= 4 is 15.7 Å². The number of rotatable bonds is 6. The number of nitrogens with zero attached hydrogens (tertiary/aromatic N) is 2. The van der Waals surface area contributed by atoms with Crippen LogP contribution in [0.1, 0.15) is 29.7 Å². The van der Waals surface area contributed by atoms with Gasteiger partial charge in [-0.3, -0.25) is 4.79 Å². The molecule has 4 rings (SSSR count). The van der Waals surface area contributed by atoms with Gasteiger partial charge < -0.3 is 5.32 Å². The van der Waals surface area contributed by atoms with Gasteiger partial charge in [0.2, 0.25) is 5.91 Å². The minimum Gasteiger partial charge on any atom is -0.352 e. The van der Waals surface area contributed by atoms with E-state index in [-0.39, 0.29) is 11.4 Å². The second-order valence-corrected chi connectivity index (χ2v) is 10.3. The van der Waals surface area contributed by atoms with Crippen molar-refractivity contribution in [3.05, 3.63) is 77.4 Å². The Balaban J connectivity index is 1.41. The highest BCUT2D eigenvalue weighted by atomic mass is 32.2. The first-order valence-corrected chi connectivity index (χ1v) is 12.0. The maximum atomic E-state index is 13.1. The summed E-state index contributed by atoms with van der Waals surface area (Å²) in [5.74, 6) is -1.68. The van der Waals surface area contributed by atoms with Gasteiger partial charge in [0, 0.05) is 18.3 Å². The van der Waals surface area contributed by atoms with E-state index in [2.05, 4.69) is 10.4 Å². The highest BCUT2D eigenvalue weighted by Crippen LogP contribution is 2.37. The van der Waals surface area contributed by atoms with Crippen LogP contribution >= 0.6 is 0 Å². The van der Waals surface area contributed by atoms with E-state index in [0.717, 1.165) is 24.3 Å². The zero-order valence-corrected chi connectivity index (χ0v) is 18.8. The molecule has 0 spiro atoms. The minimum absolute atomic E-state index is 0.0231. The molecule has 1 N–H and O–H groups in total. The normalized spacial score (nSPS) is 18.4. The van der Waals surface area contributed by atoms with Crippen molar-refractivity contribution in [2.75, 3.05) is 0 Å². The van der Waals surface area contributed by atoms with Crippen molar-refractivity contribution in [3.8, 4) is 5.69 Å². The summed E-state index contributed by atoms with van der Waals surface area (Å²) in [6.45, 7) is 1.79. The van der Waals surface area contributed by atoms with Gasteiger partial charge in [-0.15, -0.1) is 0 Å². The molecule has 0 aliphatic heterocycles. The van der Waals surface area contributed by atoms with Crippen LogP contribution in [0.25, 0.3) is 5.69 Å². The Morgan fingerprint density at radius 2 is 1.74 bits per heavy atom. The molecule has 0 saturated heterocycles. The number of aromatic nitrogens is 2. The van der Waals surface area contributed by atoms with Gasteiger partial charge in [0.1, 0.15) is 5.82 Å². The smallest absolute Gasteiger partial charge is 0.352 e. The SMILES string of the molecule is Cc1nn(-c2ccc(C(F)(F)F)cc2)cc1CNC(=O)C1CCC1S(=O)(=O)c1ccc(F)cc1. The first kappa shape index (κ1) is 23.9. The molecule has 2 aromatic carbocycles. The van der Waals surface area contributed by atoms with Gasteiger partial charge in [-0.2, -0.15) is 18.3 Å². The molecule has 1 aromatic heterocycles. The number of sulfone groups is 1. The van der Waals surface area contributed by atoms with Crippen LogP contribution in [0.4, 0.5) is 17.6 Å². The second-order valence-electron chi connectivity index (χ2n) is 8.17. The summed E-state index contributed by atoms with van der Waals surface area (Å²) in [7, 11) is -3.77. The Bertz CT molecular complexity index is 1300. The number of amides is 1. The van der Waals surface area contributed by atoms with Crippen LogP contribution in [-0.4, -0.2) is 29.4 Å². The summed E-state index contributed by atoms with van der Waals surface area (Å²) in [4.78, 5) is 12.7. The highest BCUT2D eigenvalue weighted by molar-refractivity contribution is 7.92. The quantitative estimate of drug-likeness (QED) is 0.411. The third-order valence-corrected chi connectivity index (χ3v) is 8.29. The lowest BCUT2D eigenvalue weighted by Gasteiger charge is -2.34. The fourth-order valence-electron chi connectivity index (χ4n) is 3.86. The minimum atomic E-state index is -4.43. The van der Waals surface area contributed by atoms with Gasteiger partial charge in [0.25, 0.3) is 0 Å². The molecule has 11 heteroatoms. The van der Waals surface area contributed by atoms with E-state index >= 15 is 0 Å². The molecule has 1 aliphatic rings. The molecular weight excluding hydrogens is 474 g/mol. The molecule has 34 heavy (non-hydrogen) atoms. The van der Waals surface area contributed by atoms with Crippen LogP contribution in [0.2, 0.25) is 0 Å². The maximum Gasteiger partial charge on any atom is 0.416 e. The fraction of sp³-hybridized carbons (Fsp3) is 0.304. The van der Waals surface area contributed by atoms with Gasteiger partial charge in [0.05, 0.1) is 33.0 Å². The number of alkyl halides is 3. The van der Waals surface area contributed by atoms with Crippen LogP contribution < -0.4 is 5.32 Å². The molecule has 2 atom stereocenters. The first-order valence-electron chi connectivity index (χ1n) is 10.5. The van der Waals surface area contributed by atoms with Gasteiger partial charge >= 0.3 is 6.18 Å². The summed E-state index contributed by atoms with van der Waals surface area (Å²) >= 11 is 0. The van der Waals surface area contributed by atoms with Gasteiger partial charge in [0.15, 0.2) is 9.84 Å². The molecule has 1 saturated carbocycles. The van der Waals surface area contributed by atoms with Crippen LogP contribution in [-0.2, 0) is 27.4 Å². The number of carbonyl (C=O) groups excluding carboxylic acids is 1. The van der Waals surface area contributed by atoms with Crippen LogP contribution in [0, 0.1) is 18.7 Å². The third kappa shape index (κ3) is 4.70. The highest BCUT2D eigenvalue weighted by Gasteiger charge is 2.45. The number of hydrogen-bond acceptors (Lipinski definition) is 4. The summed E-state index contributed by atoms with van der Waals surface area (Å²) in [6, 6.07) is 9.05. The molecule has 6 nitrogen and oxygen atoms in total.